The third-order valence-corrected chi connectivity index (χ3v) is 5.37. The van der Waals surface area contributed by atoms with Gasteiger partial charge in [-0.25, -0.2) is 4.79 Å². The summed E-state index contributed by atoms with van der Waals surface area (Å²) in [7, 11) is 0. The van der Waals surface area contributed by atoms with Crippen LogP contribution in [0.25, 0.3) is 0 Å². The van der Waals surface area contributed by atoms with E-state index in [1.165, 1.54) is 4.90 Å². The zero-order chi connectivity index (χ0) is 21.9. The molecule has 162 valence electrons. The summed E-state index contributed by atoms with van der Waals surface area (Å²) in [6.07, 6.45) is 1.88. The van der Waals surface area contributed by atoms with Crippen LogP contribution in [-0.2, 0) is 9.53 Å². The first kappa shape index (κ1) is 21.9. The molecule has 2 aliphatic heterocycles. The molecule has 0 radical (unpaired) electrons. The Hall–Kier alpha value is -2.79. The second-order valence-corrected chi connectivity index (χ2v) is 8.88. The Morgan fingerprint density at radius 2 is 1.90 bits per heavy atom. The van der Waals surface area contributed by atoms with Crippen LogP contribution in [0.5, 0.6) is 0 Å². The molecule has 0 saturated carbocycles. The molecule has 1 atom stereocenters. The highest BCUT2D eigenvalue weighted by Gasteiger charge is 2.36. The Kier molecular flexibility index (Phi) is 6.52. The van der Waals surface area contributed by atoms with Crippen LogP contribution in [0.2, 0.25) is 0 Å². The number of nitrogens with one attached hydrogen (secondary N) is 1. The van der Waals surface area contributed by atoms with Gasteiger partial charge in [-0.1, -0.05) is 0 Å². The molecule has 30 heavy (non-hydrogen) atoms. The van der Waals surface area contributed by atoms with E-state index < -0.39 is 17.7 Å². The quantitative estimate of drug-likeness (QED) is 0.788. The van der Waals surface area contributed by atoms with Gasteiger partial charge >= 0.3 is 6.09 Å². The Morgan fingerprint density at radius 1 is 1.20 bits per heavy atom. The van der Waals surface area contributed by atoms with Crippen LogP contribution < -0.4 is 10.2 Å². The van der Waals surface area contributed by atoms with Gasteiger partial charge in [-0.05, 0) is 64.7 Å². The lowest BCUT2D eigenvalue weighted by molar-refractivity contribution is -0.120. The summed E-state index contributed by atoms with van der Waals surface area (Å²) in [5.74, 6) is -0.281. The second kappa shape index (κ2) is 8.92. The van der Waals surface area contributed by atoms with Crippen molar-refractivity contribution in [2.24, 2.45) is 0 Å². The maximum atomic E-state index is 12.8. The van der Waals surface area contributed by atoms with Crippen molar-refractivity contribution in [3.8, 4) is 6.07 Å². The zero-order valence-corrected chi connectivity index (χ0v) is 17.9. The van der Waals surface area contributed by atoms with E-state index in [1.807, 2.05) is 6.07 Å². The molecule has 2 heterocycles. The molecule has 0 aromatic heterocycles. The molecule has 1 aromatic carbocycles. The van der Waals surface area contributed by atoms with Gasteiger partial charge in [0.05, 0.1) is 17.4 Å². The minimum absolute atomic E-state index is 0.281. The first-order valence-electron chi connectivity index (χ1n) is 10.5. The number of hydrogen-bond acceptors (Lipinski definition) is 6. The van der Waals surface area contributed by atoms with Gasteiger partial charge in [-0.2, -0.15) is 5.26 Å². The Bertz CT molecular complexity index is 835. The normalized spacial score (nSPS) is 20.0. The minimum atomic E-state index is -0.622. The number of nitrogens with zero attached hydrogens (tertiary/aromatic N) is 3. The fraction of sp³-hybridized carbons (Fsp3) is 0.591. The number of likely N-dealkylation sites (tertiary alicyclic amines) is 1. The minimum Gasteiger partial charge on any atom is -0.444 e. The van der Waals surface area contributed by atoms with Gasteiger partial charge in [0.15, 0.2) is 0 Å². The number of rotatable bonds is 3. The van der Waals surface area contributed by atoms with Crippen molar-refractivity contribution in [2.75, 3.05) is 29.9 Å². The topological polar surface area (TPSA) is 106 Å². The summed E-state index contributed by atoms with van der Waals surface area (Å²) >= 11 is 0. The van der Waals surface area contributed by atoms with E-state index in [2.05, 4.69) is 16.3 Å². The number of anilines is 2. The number of aliphatic hydroxyl groups excluding tert-OH is 1. The standard InChI is InChI=1S/C22H30N4O4/c1-22(2,3)30-21(29)26-10-4-5-19(26)20(28)24-16-6-7-18(15(13-16)14-23)25-11-8-17(27)9-12-25/h6-7,13,17,19,27H,4-5,8-12H2,1-3H3,(H,24,28). The number of ether oxygens (including phenoxy) is 1. The molecule has 8 heteroatoms. The smallest absolute Gasteiger partial charge is 0.410 e. The summed E-state index contributed by atoms with van der Waals surface area (Å²) in [6, 6.07) is 6.86. The number of benzene rings is 1. The highest BCUT2D eigenvalue weighted by molar-refractivity contribution is 5.97. The van der Waals surface area contributed by atoms with Gasteiger partial charge < -0.3 is 20.1 Å². The number of carbonyl (C=O) groups excluding carboxylic acids is 2. The fourth-order valence-electron chi connectivity index (χ4n) is 3.89. The van der Waals surface area contributed by atoms with E-state index in [0.29, 0.717) is 50.1 Å². The summed E-state index contributed by atoms with van der Waals surface area (Å²) in [4.78, 5) is 28.8. The SMILES string of the molecule is CC(C)(C)OC(=O)N1CCCC1C(=O)Nc1ccc(N2CCC(O)CC2)c(C#N)c1. The molecule has 0 bridgehead atoms. The van der Waals surface area contributed by atoms with E-state index >= 15 is 0 Å². The molecule has 3 rings (SSSR count). The van der Waals surface area contributed by atoms with Gasteiger partial charge in [0.1, 0.15) is 17.7 Å². The number of aliphatic hydroxyl groups is 1. The molecular formula is C22H30N4O4. The largest absolute Gasteiger partial charge is 0.444 e. The number of amides is 2. The second-order valence-electron chi connectivity index (χ2n) is 8.88. The molecule has 2 amide bonds. The molecule has 2 aliphatic rings. The maximum Gasteiger partial charge on any atom is 0.410 e. The van der Waals surface area contributed by atoms with Crippen molar-refractivity contribution in [3.05, 3.63) is 23.8 Å². The molecular weight excluding hydrogens is 384 g/mol. The third kappa shape index (κ3) is 5.22. The van der Waals surface area contributed by atoms with Crippen LogP contribution >= 0.6 is 0 Å². The first-order chi connectivity index (χ1) is 14.2. The van der Waals surface area contributed by atoms with Crippen molar-refractivity contribution in [2.45, 2.75) is 64.2 Å². The van der Waals surface area contributed by atoms with Gasteiger partial charge in [0.2, 0.25) is 5.91 Å². The van der Waals surface area contributed by atoms with Crippen LogP contribution in [0.1, 0.15) is 52.0 Å². The number of piperidine rings is 1. The summed E-state index contributed by atoms with van der Waals surface area (Å²) in [5, 5.41) is 22.1. The van der Waals surface area contributed by atoms with E-state index in [4.69, 9.17) is 4.74 Å². The van der Waals surface area contributed by atoms with Crippen molar-refractivity contribution in [1.29, 1.82) is 5.26 Å². The molecule has 0 spiro atoms. The van der Waals surface area contributed by atoms with Crippen molar-refractivity contribution >= 4 is 23.4 Å². The van der Waals surface area contributed by atoms with E-state index in [0.717, 1.165) is 12.1 Å². The van der Waals surface area contributed by atoms with Crippen molar-refractivity contribution < 1.29 is 19.4 Å². The molecule has 1 aromatic rings. The lowest BCUT2D eigenvalue weighted by atomic mass is 10.0. The van der Waals surface area contributed by atoms with E-state index in [9.17, 15) is 20.0 Å². The molecule has 2 N–H and O–H groups in total. The predicted molar refractivity (Wildman–Crippen MR) is 113 cm³/mol. The number of carbonyl (C=O) groups is 2. The van der Waals surface area contributed by atoms with Crippen LogP contribution in [0, 0.1) is 11.3 Å². The highest BCUT2D eigenvalue weighted by Crippen LogP contribution is 2.28. The average Bonchev–Trinajstić information content (AvgIpc) is 3.17. The summed E-state index contributed by atoms with van der Waals surface area (Å²) in [6.45, 7) is 7.25. The molecule has 8 nitrogen and oxygen atoms in total. The van der Waals surface area contributed by atoms with E-state index in [1.54, 1.807) is 32.9 Å². The van der Waals surface area contributed by atoms with Crippen molar-refractivity contribution in [3.63, 3.8) is 0 Å². The summed E-state index contributed by atoms with van der Waals surface area (Å²) < 4.78 is 5.42. The first-order valence-corrected chi connectivity index (χ1v) is 10.5. The van der Waals surface area contributed by atoms with Gasteiger partial charge in [-0.3, -0.25) is 9.69 Å². The molecule has 2 fully saturated rings. The van der Waals surface area contributed by atoms with E-state index in [-0.39, 0.29) is 12.0 Å². The highest BCUT2D eigenvalue weighted by atomic mass is 16.6. The zero-order valence-electron chi connectivity index (χ0n) is 17.9. The van der Waals surface area contributed by atoms with Crippen molar-refractivity contribution in [1.82, 2.24) is 4.90 Å². The maximum absolute atomic E-state index is 12.8. The van der Waals surface area contributed by atoms with Crippen LogP contribution in [-0.4, -0.2) is 59.4 Å². The molecule has 0 aliphatic carbocycles. The van der Waals surface area contributed by atoms with Gasteiger partial charge in [0, 0.05) is 25.3 Å². The summed E-state index contributed by atoms with van der Waals surface area (Å²) in [5.41, 5.74) is 1.18. The Morgan fingerprint density at radius 3 is 2.53 bits per heavy atom. The van der Waals surface area contributed by atoms with Crippen LogP contribution in [0.4, 0.5) is 16.2 Å². The predicted octanol–water partition coefficient (Wildman–Crippen LogP) is 2.86. The van der Waals surface area contributed by atoms with Gasteiger partial charge in [0.25, 0.3) is 0 Å². The lowest BCUT2D eigenvalue weighted by Crippen LogP contribution is -2.45. The Labute approximate surface area is 177 Å². The van der Waals surface area contributed by atoms with Gasteiger partial charge in [-0.15, -0.1) is 0 Å². The third-order valence-electron chi connectivity index (χ3n) is 5.37. The van der Waals surface area contributed by atoms with Crippen LogP contribution in [0.3, 0.4) is 0 Å². The number of nitriles is 1. The monoisotopic (exact) mass is 414 g/mol. The Balaban J connectivity index is 1.69. The fourth-order valence-corrected chi connectivity index (χ4v) is 3.89. The molecule has 2 saturated heterocycles. The average molecular weight is 415 g/mol. The lowest BCUT2D eigenvalue weighted by Gasteiger charge is -2.32. The van der Waals surface area contributed by atoms with Crippen LogP contribution in [0.15, 0.2) is 18.2 Å². The number of hydrogen-bond donors (Lipinski definition) is 2. The molecule has 1 unspecified atom stereocenters.